The van der Waals surface area contributed by atoms with E-state index in [4.69, 9.17) is 9.84 Å². The zero-order chi connectivity index (χ0) is 27.1. The average molecular weight is 532 g/mol. The highest BCUT2D eigenvalue weighted by molar-refractivity contribution is 6.88. The summed E-state index contributed by atoms with van der Waals surface area (Å²) in [5.41, 5.74) is 1.41. The van der Waals surface area contributed by atoms with Gasteiger partial charge in [0.05, 0.1) is 21.6 Å². The minimum Gasteiger partial charge on any atom is -0.497 e. The van der Waals surface area contributed by atoms with E-state index in [2.05, 4.69) is 5.32 Å². The number of anilines is 1. The van der Waals surface area contributed by atoms with Crippen molar-refractivity contribution < 1.29 is 33.0 Å². The van der Waals surface area contributed by atoms with Gasteiger partial charge in [-0.25, -0.2) is 13.6 Å². The molecule has 4 rings (SSSR count). The summed E-state index contributed by atoms with van der Waals surface area (Å²) < 4.78 is 35.0. The first-order chi connectivity index (χ1) is 17.4. The molecule has 2 heterocycles. The third kappa shape index (κ3) is 5.46. The second-order valence-electron chi connectivity index (χ2n) is 10.6. The van der Waals surface area contributed by atoms with Crippen LogP contribution in [0, 0.1) is 17.6 Å². The minimum atomic E-state index is -2.30. The number of carbonyl (C=O) groups excluding carboxylic acids is 2. The molecule has 8 nitrogen and oxygen atoms in total. The molecular weight excluding hydrogens is 500 g/mol. The van der Waals surface area contributed by atoms with Crippen LogP contribution in [0.5, 0.6) is 5.75 Å². The van der Waals surface area contributed by atoms with Crippen LogP contribution in [0.1, 0.15) is 23.6 Å². The molecule has 2 aromatic rings. The van der Waals surface area contributed by atoms with Gasteiger partial charge in [-0.15, -0.1) is 0 Å². The van der Waals surface area contributed by atoms with Crippen molar-refractivity contribution in [2.75, 3.05) is 32.1 Å². The van der Waals surface area contributed by atoms with Crippen molar-refractivity contribution in [3.05, 3.63) is 53.1 Å². The van der Waals surface area contributed by atoms with Crippen LogP contribution in [-0.2, 0) is 16.0 Å². The third-order valence-electron chi connectivity index (χ3n) is 6.82. The molecule has 2 N–H and O–H groups in total. The van der Waals surface area contributed by atoms with Crippen LogP contribution in [0.25, 0.3) is 0 Å². The monoisotopic (exact) mass is 531 g/mol. The largest absolute Gasteiger partial charge is 0.497 e. The number of nitrogens with one attached hydrogen (secondary N) is 1. The van der Waals surface area contributed by atoms with Gasteiger partial charge in [-0.3, -0.25) is 9.59 Å². The molecule has 198 valence electrons. The predicted molar refractivity (Wildman–Crippen MR) is 137 cm³/mol. The quantitative estimate of drug-likeness (QED) is 0.556. The molecule has 1 atom stereocenters. The van der Waals surface area contributed by atoms with Gasteiger partial charge in [-0.2, -0.15) is 0 Å². The van der Waals surface area contributed by atoms with E-state index < -0.39 is 37.6 Å². The van der Waals surface area contributed by atoms with Gasteiger partial charge in [0.15, 0.2) is 0 Å². The zero-order valence-electron chi connectivity index (χ0n) is 21.3. The summed E-state index contributed by atoms with van der Waals surface area (Å²) >= 11 is 0. The summed E-state index contributed by atoms with van der Waals surface area (Å²) in [6.07, 6.45) is 0.462. The molecule has 0 unspecified atom stereocenters. The number of rotatable bonds is 6. The van der Waals surface area contributed by atoms with E-state index in [9.17, 15) is 23.2 Å². The maximum Gasteiger partial charge on any atom is 0.320 e. The smallest absolute Gasteiger partial charge is 0.320 e. The number of amides is 3. The minimum absolute atomic E-state index is 0.0269. The Labute approximate surface area is 215 Å². The number of urea groups is 1. The number of fused-ring (bicyclic) bond motifs is 1. The molecule has 1 fully saturated rings. The number of nitrogens with zero attached hydrogens (tertiary/aromatic N) is 2. The molecule has 0 spiro atoms. The van der Waals surface area contributed by atoms with Crippen LogP contribution in [0.15, 0.2) is 30.3 Å². The SMILES string of the molecule is COc1ccc2c(c1)CCN(C(=O)N1CC(CC(=O)O)C1)[C@H]2C(=O)Nc1cc(F)c([Si](C)(C)C)c(F)c1. The number of ether oxygens (including phenoxy) is 1. The Kier molecular flexibility index (Phi) is 7.27. The number of benzene rings is 2. The fourth-order valence-electron chi connectivity index (χ4n) is 5.08. The van der Waals surface area contributed by atoms with Crippen molar-refractivity contribution in [3.63, 3.8) is 0 Å². The van der Waals surface area contributed by atoms with Crippen LogP contribution in [0.4, 0.5) is 19.3 Å². The highest BCUT2D eigenvalue weighted by Gasteiger charge is 2.41. The lowest BCUT2D eigenvalue weighted by molar-refractivity contribution is -0.139. The molecule has 37 heavy (non-hydrogen) atoms. The molecule has 2 aliphatic heterocycles. The van der Waals surface area contributed by atoms with Gasteiger partial charge in [0.25, 0.3) is 5.91 Å². The Balaban J connectivity index is 1.62. The topological polar surface area (TPSA) is 99.2 Å². The van der Waals surface area contributed by atoms with E-state index in [0.717, 1.165) is 17.7 Å². The molecule has 11 heteroatoms. The van der Waals surface area contributed by atoms with Crippen molar-refractivity contribution >= 4 is 36.9 Å². The summed E-state index contributed by atoms with van der Waals surface area (Å²) in [6, 6.07) is 6.04. The Morgan fingerprint density at radius 2 is 1.76 bits per heavy atom. The summed E-state index contributed by atoms with van der Waals surface area (Å²) in [6.45, 7) is 6.33. The molecule has 0 radical (unpaired) electrons. The predicted octanol–water partition coefficient (Wildman–Crippen LogP) is 3.58. The van der Waals surface area contributed by atoms with Crippen molar-refractivity contribution in [2.45, 2.75) is 38.5 Å². The van der Waals surface area contributed by atoms with E-state index >= 15 is 0 Å². The van der Waals surface area contributed by atoms with Gasteiger partial charge in [0.2, 0.25) is 0 Å². The fourth-order valence-corrected chi connectivity index (χ4v) is 6.65. The number of halogens is 2. The van der Waals surface area contributed by atoms with Gasteiger partial charge < -0.3 is 25.0 Å². The molecular formula is C26H31F2N3O5Si. The molecule has 0 aromatic heterocycles. The van der Waals surface area contributed by atoms with Gasteiger partial charge in [0.1, 0.15) is 23.4 Å². The van der Waals surface area contributed by atoms with Crippen molar-refractivity contribution in [3.8, 4) is 5.75 Å². The Hall–Kier alpha value is -3.47. The average Bonchev–Trinajstić information content (AvgIpc) is 2.77. The van der Waals surface area contributed by atoms with Crippen LogP contribution in [0.3, 0.4) is 0 Å². The van der Waals surface area contributed by atoms with Crippen molar-refractivity contribution in [1.82, 2.24) is 9.80 Å². The van der Waals surface area contributed by atoms with Crippen LogP contribution >= 0.6 is 0 Å². The van der Waals surface area contributed by atoms with Crippen LogP contribution < -0.4 is 15.2 Å². The van der Waals surface area contributed by atoms with E-state index in [0.29, 0.717) is 30.8 Å². The van der Waals surface area contributed by atoms with Gasteiger partial charge >= 0.3 is 12.0 Å². The van der Waals surface area contributed by atoms with E-state index in [1.165, 1.54) is 16.9 Å². The molecule has 3 amide bonds. The van der Waals surface area contributed by atoms with Crippen molar-refractivity contribution in [2.24, 2.45) is 5.92 Å². The maximum atomic E-state index is 14.8. The molecule has 0 bridgehead atoms. The molecule has 2 aliphatic rings. The lowest BCUT2D eigenvalue weighted by Gasteiger charge is -2.45. The number of aliphatic carboxylic acids is 1. The maximum absolute atomic E-state index is 14.8. The third-order valence-corrected chi connectivity index (χ3v) is 8.80. The van der Waals surface area contributed by atoms with E-state index in [1.54, 1.807) is 12.1 Å². The summed E-state index contributed by atoms with van der Waals surface area (Å²) in [5, 5.41) is 11.7. The summed E-state index contributed by atoms with van der Waals surface area (Å²) in [7, 11) is -0.759. The molecule has 1 saturated heterocycles. The van der Waals surface area contributed by atoms with Crippen molar-refractivity contribution in [1.29, 1.82) is 0 Å². The molecule has 2 aromatic carbocycles. The Bertz CT molecular complexity index is 1220. The first kappa shape index (κ1) is 26.6. The number of hydrogen-bond acceptors (Lipinski definition) is 4. The number of hydrogen-bond donors (Lipinski definition) is 2. The van der Waals surface area contributed by atoms with Gasteiger partial charge in [-0.05, 0) is 41.8 Å². The zero-order valence-corrected chi connectivity index (χ0v) is 22.3. The van der Waals surface area contributed by atoms with Crippen LogP contribution in [0.2, 0.25) is 19.6 Å². The highest BCUT2D eigenvalue weighted by Crippen LogP contribution is 2.35. The van der Waals surface area contributed by atoms with Crippen LogP contribution in [-0.4, -0.2) is 67.6 Å². The van der Waals surface area contributed by atoms with Gasteiger partial charge in [0, 0.05) is 36.4 Å². The number of methoxy groups -OCH3 is 1. The molecule has 0 aliphatic carbocycles. The normalized spacial score (nSPS) is 17.6. The Morgan fingerprint density at radius 1 is 1.11 bits per heavy atom. The second-order valence-corrected chi connectivity index (χ2v) is 15.6. The van der Waals surface area contributed by atoms with E-state index in [-0.39, 0.29) is 35.8 Å². The number of likely N-dealkylation sites (tertiary alicyclic amines) is 1. The fraction of sp³-hybridized carbons (Fsp3) is 0.423. The lowest BCUT2D eigenvalue weighted by atomic mass is 9.91. The first-order valence-corrected chi connectivity index (χ1v) is 15.6. The Morgan fingerprint density at radius 3 is 2.32 bits per heavy atom. The lowest BCUT2D eigenvalue weighted by Crippen LogP contribution is -2.58. The number of carboxylic acid groups (broad SMARTS) is 1. The summed E-state index contributed by atoms with van der Waals surface area (Å²) in [4.78, 5) is 40.9. The standard InChI is InChI=1S/C26H31F2N3O5Si/c1-36-18-5-6-19-16(10-18)7-8-31(26(35)30-13-15(14-30)9-22(32)33)23(19)25(34)29-17-11-20(27)24(21(28)12-17)37(2,3)4/h5-6,10-12,15,23H,7-9,13-14H2,1-4H3,(H,29,34)(H,32,33)/t23-/m1/s1. The van der Waals surface area contributed by atoms with E-state index in [1.807, 2.05) is 25.7 Å². The summed E-state index contributed by atoms with van der Waals surface area (Å²) in [5.74, 6) is -2.45. The second kappa shape index (κ2) is 10.1. The molecule has 0 saturated carbocycles. The first-order valence-electron chi connectivity index (χ1n) is 12.1. The van der Waals surface area contributed by atoms with Gasteiger partial charge in [-0.1, -0.05) is 25.7 Å². The highest BCUT2D eigenvalue weighted by atomic mass is 28.3. The number of carboxylic acids is 1. The number of carbonyl (C=O) groups is 3.